The number of para-hydroxylation sites is 1. The highest BCUT2D eigenvalue weighted by Crippen LogP contribution is 2.33. The minimum absolute atomic E-state index is 0.259. The Hall–Kier alpha value is -0.930. The van der Waals surface area contributed by atoms with E-state index < -0.39 is 0 Å². The van der Waals surface area contributed by atoms with Crippen LogP contribution in [0.15, 0.2) is 18.2 Å². The zero-order valence-electron chi connectivity index (χ0n) is 7.78. The van der Waals surface area contributed by atoms with Gasteiger partial charge >= 0.3 is 0 Å². The fraction of sp³-hybridized carbons (Fsp3) is 0.400. The zero-order chi connectivity index (χ0) is 10.1. The third-order valence-electron chi connectivity index (χ3n) is 2.50. The van der Waals surface area contributed by atoms with E-state index >= 15 is 0 Å². The molecule has 0 bridgehead atoms. The van der Waals surface area contributed by atoms with Crippen molar-refractivity contribution in [2.24, 2.45) is 0 Å². The van der Waals surface area contributed by atoms with Crippen LogP contribution in [-0.4, -0.2) is 24.3 Å². The summed E-state index contributed by atoms with van der Waals surface area (Å²) in [5.41, 5.74) is 7.36. The van der Waals surface area contributed by atoms with Crippen molar-refractivity contribution in [2.45, 2.75) is 12.5 Å². The number of aliphatic hydroxyl groups is 1. The SMILES string of the molecule is Nc1cccc(Cl)c1N1CC[C@@H](O)C1. The second kappa shape index (κ2) is 3.67. The van der Waals surface area contributed by atoms with Crippen LogP contribution in [0.3, 0.4) is 0 Å². The van der Waals surface area contributed by atoms with E-state index in [4.69, 9.17) is 17.3 Å². The molecule has 0 aliphatic carbocycles. The van der Waals surface area contributed by atoms with E-state index in [1.165, 1.54) is 0 Å². The molecule has 1 atom stereocenters. The second-order valence-corrected chi connectivity index (χ2v) is 3.97. The van der Waals surface area contributed by atoms with Crippen molar-refractivity contribution in [2.75, 3.05) is 23.7 Å². The summed E-state index contributed by atoms with van der Waals surface area (Å²) >= 11 is 6.05. The average Bonchev–Trinajstić information content (AvgIpc) is 2.51. The van der Waals surface area contributed by atoms with Gasteiger partial charge in [-0.1, -0.05) is 17.7 Å². The lowest BCUT2D eigenvalue weighted by Gasteiger charge is -2.21. The Labute approximate surface area is 88.1 Å². The van der Waals surface area contributed by atoms with Crippen LogP contribution >= 0.6 is 11.6 Å². The van der Waals surface area contributed by atoms with Gasteiger partial charge in [0.05, 0.1) is 22.5 Å². The van der Waals surface area contributed by atoms with Crippen molar-refractivity contribution in [3.63, 3.8) is 0 Å². The first-order valence-corrected chi connectivity index (χ1v) is 5.03. The first-order chi connectivity index (χ1) is 6.68. The molecule has 0 radical (unpaired) electrons. The quantitative estimate of drug-likeness (QED) is 0.694. The van der Waals surface area contributed by atoms with Crippen LogP contribution in [-0.2, 0) is 0 Å². The number of hydrogen-bond acceptors (Lipinski definition) is 3. The highest BCUT2D eigenvalue weighted by atomic mass is 35.5. The Morgan fingerprint density at radius 2 is 2.29 bits per heavy atom. The lowest BCUT2D eigenvalue weighted by Crippen LogP contribution is -2.22. The maximum atomic E-state index is 9.42. The number of halogens is 1. The summed E-state index contributed by atoms with van der Waals surface area (Å²) in [6.07, 6.45) is 0.524. The number of anilines is 2. The molecule has 4 heteroatoms. The van der Waals surface area contributed by atoms with Crippen molar-refractivity contribution < 1.29 is 5.11 Å². The fourth-order valence-corrected chi connectivity index (χ4v) is 2.11. The molecule has 76 valence electrons. The summed E-state index contributed by atoms with van der Waals surface area (Å²) in [6, 6.07) is 5.47. The van der Waals surface area contributed by atoms with Crippen molar-refractivity contribution in [3.05, 3.63) is 23.2 Å². The predicted octanol–water partition coefficient (Wildman–Crippen LogP) is 1.49. The van der Waals surface area contributed by atoms with Gasteiger partial charge in [0.25, 0.3) is 0 Å². The Kier molecular flexibility index (Phi) is 2.52. The normalized spacial score (nSPS) is 21.6. The van der Waals surface area contributed by atoms with E-state index in [1.54, 1.807) is 0 Å². The Morgan fingerprint density at radius 1 is 1.50 bits per heavy atom. The Bertz CT molecular complexity index is 323. The first kappa shape index (κ1) is 9.62. The molecule has 0 saturated carbocycles. The molecular weight excluding hydrogens is 200 g/mol. The van der Waals surface area contributed by atoms with Crippen LogP contribution in [0, 0.1) is 0 Å². The van der Waals surface area contributed by atoms with Crippen molar-refractivity contribution in [1.82, 2.24) is 0 Å². The van der Waals surface area contributed by atoms with Crippen LogP contribution in [0.2, 0.25) is 5.02 Å². The summed E-state index contributed by atoms with van der Waals surface area (Å²) in [5, 5.41) is 10.1. The number of nitrogens with two attached hydrogens (primary N) is 1. The summed E-state index contributed by atoms with van der Waals surface area (Å²) in [5.74, 6) is 0. The van der Waals surface area contributed by atoms with E-state index in [9.17, 15) is 5.11 Å². The highest BCUT2D eigenvalue weighted by molar-refractivity contribution is 6.34. The van der Waals surface area contributed by atoms with Gasteiger partial charge in [-0.2, -0.15) is 0 Å². The summed E-state index contributed by atoms with van der Waals surface area (Å²) < 4.78 is 0. The van der Waals surface area contributed by atoms with Crippen LogP contribution in [0.5, 0.6) is 0 Å². The summed E-state index contributed by atoms with van der Waals surface area (Å²) in [4.78, 5) is 2.03. The van der Waals surface area contributed by atoms with Gasteiger partial charge in [0, 0.05) is 13.1 Å². The predicted molar refractivity (Wildman–Crippen MR) is 58.7 cm³/mol. The third kappa shape index (κ3) is 1.65. The van der Waals surface area contributed by atoms with Gasteiger partial charge in [-0.25, -0.2) is 0 Å². The van der Waals surface area contributed by atoms with E-state index in [2.05, 4.69) is 0 Å². The van der Waals surface area contributed by atoms with E-state index in [-0.39, 0.29) is 6.10 Å². The van der Waals surface area contributed by atoms with E-state index in [1.807, 2.05) is 23.1 Å². The minimum Gasteiger partial charge on any atom is -0.397 e. The lowest BCUT2D eigenvalue weighted by atomic mass is 10.2. The summed E-state index contributed by atoms with van der Waals surface area (Å²) in [7, 11) is 0. The topological polar surface area (TPSA) is 49.5 Å². The molecule has 0 spiro atoms. The Morgan fingerprint density at radius 3 is 2.86 bits per heavy atom. The molecule has 1 aliphatic heterocycles. The largest absolute Gasteiger partial charge is 0.397 e. The van der Waals surface area contributed by atoms with Crippen molar-refractivity contribution >= 4 is 23.0 Å². The number of β-amino-alcohol motifs (C(OH)–C–C–N with tert-alkyl or cyclic N) is 1. The molecule has 1 heterocycles. The molecule has 1 saturated heterocycles. The molecular formula is C10H13ClN2O. The molecule has 1 aromatic rings. The molecule has 1 fully saturated rings. The zero-order valence-corrected chi connectivity index (χ0v) is 8.54. The summed E-state index contributed by atoms with van der Waals surface area (Å²) in [6.45, 7) is 1.43. The smallest absolute Gasteiger partial charge is 0.0790 e. The standard InChI is InChI=1S/C10H13ClN2O/c11-8-2-1-3-9(12)10(8)13-5-4-7(14)6-13/h1-3,7,14H,4-6,12H2/t7-/m1/s1. The number of aliphatic hydroxyl groups excluding tert-OH is 1. The molecule has 0 amide bonds. The molecule has 2 rings (SSSR count). The van der Waals surface area contributed by atoms with Crippen LogP contribution in [0.1, 0.15) is 6.42 Å². The first-order valence-electron chi connectivity index (χ1n) is 4.65. The molecule has 0 unspecified atom stereocenters. The molecule has 1 aliphatic rings. The maximum Gasteiger partial charge on any atom is 0.0790 e. The fourth-order valence-electron chi connectivity index (χ4n) is 1.81. The number of hydrogen-bond donors (Lipinski definition) is 2. The monoisotopic (exact) mass is 212 g/mol. The maximum absolute atomic E-state index is 9.42. The van der Waals surface area contributed by atoms with Crippen LogP contribution in [0.25, 0.3) is 0 Å². The molecule has 3 N–H and O–H groups in total. The Balaban J connectivity index is 2.31. The van der Waals surface area contributed by atoms with E-state index in [0.29, 0.717) is 17.3 Å². The van der Waals surface area contributed by atoms with Crippen LogP contribution < -0.4 is 10.6 Å². The van der Waals surface area contributed by atoms with Gasteiger partial charge < -0.3 is 15.7 Å². The number of nitrogens with zero attached hydrogens (tertiary/aromatic N) is 1. The van der Waals surface area contributed by atoms with Gasteiger partial charge in [-0.3, -0.25) is 0 Å². The molecule has 14 heavy (non-hydrogen) atoms. The number of benzene rings is 1. The number of nitrogen functional groups attached to an aromatic ring is 1. The third-order valence-corrected chi connectivity index (χ3v) is 2.80. The number of rotatable bonds is 1. The van der Waals surface area contributed by atoms with Crippen molar-refractivity contribution in [1.29, 1.82) is 0 Å². The van der Waals surface area contributed by atoms with Gasteiger partial charge in [0.2, 0.25) is 0 Å². The van der Waals surface area contributed by atoms with Crippen LogP contribution in [0.4, 0.5) is 11.4 Å². The second-order valence-electron chi connectivity index (χ2n) is 3.57. The van der Waals surface area contributed by atoms with Gasteiger partial charge in [0.1, 0.15) is 0 Å². The lowest BCUT2D eigenvalue weighted by molar-refractivity contribution is 0.198. The minimum atomic E-state index is -0.259. The van der Waals surface area contributed by atoms with Gasteiger partial charge in [-0.15, -0.1) is 0 Å². The van der Waals surface area contributed by atoms with Gasteiger partial charge in [-0.05, 0) is 18.6 Å². The molecule has 0 aromatic heterocycles. The molecule has 3 nitrogen and oxygen atoms in total. The average molecular weight is 213 g/mol. The van der Waals surface area contributed by atoms with Crippen molar-refractivity contribution in [3.8, 4) is 0 Å². The van der Waals surface area contributed by atoms with Gasteiger partial charge in [0.15, 0.2) is 0 Å². The van der Waals surface area contributed by atoms with E-state index in [0.717, 1.165) is 18.7 Å². The highest BCUT2D eigenvalue weighted by Gasteiger charge is 2.23. The molecule has 1 aromatic carbocycles.